The minimum Gasteiger partial charge on any atom is -0.491 e. The summed E-state index contributed by atoms with van der Waals surface area (Å²) in [5, 5.41) is 10.6. The molecule has 2 aliphatic carbocycles. The molecule has 0 heterocycles. The first kappa shape index (κ1) is 19.2. The zero-order valence-electron chi connectivity index (χ0n) is 15.3. The third kappa shape index (κ3) is 5.97. The van der Waals surface area contributed by atoms with Gasteiger partial charge in [-0.2, -0.15) is 0 Å². The maximum Gasteiger partial charge on any atom is 0.137 e. The Morgan fingerprint density at radius 3 is 1.96 bits per heavy atom. The number of hydrogen-bond acceptors (Lipinski definition) is 2. The van der Waals surface area contributed by atoms with Gasteiger partial charge in [0.15, 0.2) is 0 Å². The van der Waals surface area contributed by atoms with Crippen molar-refractivity contribution in [3.05, 3.63) is 28.7 Å². The van der Waals surface area contributed by atoms with Crippen LogP contribution in [0.3, 0.4) is 0 Å². The lowest BCUT2D eigenvalue weighted by Crippen LogP contribution is -3.20. The number of aliphatic hydroxyl groups excluding tert-OH is 1. The van der Waals surface area contributed by atoms with Crippen LogP contribution >= 0.6 is 15.9 Å². The van der Waals surface area contributed by atoms with Gasteiger partial charge in [-0.3, -0.25) is 0 Å². The summed E-state index contributed by atoms with van der Waals surface area (Å²) in [5.41, 5.74) is 0. The minimum atomic E-state index is -0.387. The summed E-state index contributed by atoms with van der Waals surface area (Å²) in [6.45, 7) is 1.23. The molecular formula is C21H33BrNO2+. The van der Waals surface area contributed by atoms with E-state index in [4.69, 9.17) is 4.74 Å². The van der Waals surface area contributed by atoms with Crippen molar-refractivity contribution in [1.82, 2.24) is 0 Å². The van der Waals surface area contributed by atoms with Gasteiger partial charge in [0, 0.05) is 4.47 Å². The highest BCUT2D eigenvalue weighted by Gasteiger charge is 2.33. The summed E-state index contributed by atoms with van der Waals surface area (Å²) < 4.78 is 6.86. The molecule has 1 aromatic carbocycles. The van der Waals surface area contributed by atoms with E-state index in [1.807, 2.05) is 24.3 Å². The Morgan fingerprint density at radius 1 is 0.920 bits per heavy atom. The summed E-state index contributed by atoms with van der Waals surface area (Å²) >= 11 is 3.44. The Bertz CT molecular complexity index is 477. The molecule has 0 aliphatic heterocycles. The fourth-order valence-electron chi connectivity index (χ4n) is 4.67. The monoisotopic (exact) mass is 410 g/mol. The minimum absolute atomic E-state index is 0.387. The number of benzene rings is 1. The number of nitrogens with one attached hydrogen (secondary N) is 1. The molecule has 0 bridgehead atoms. The first-order valence-electron chi connectivity index (χ1n) is 10.1. The number of halogens is 1. The van der Waals surface area contributed by atoms with Crippen molar-refractivity contribution < 1.29 is 14.7 Å². The van der Waals surface area contributed by atoms with Gasteiger partial charge in [-0.05, 0) is 75.6 Å². The molecule has 140 valence electrons. The molecule has 0 saturated heterocycles. The normalized spacial score (nSPS) is 21.4. The Morgan fingerprint density at radius 2 is 1.44 bits per heavy atom. The van der Waals surface area contributed by atoms with Crippen LogP contribution in [0.2, 0.25) is 0 Å². The molecule has 3 rings (SSSR count). The summed E-state index contributed by atoms with van der Waals surface area (Å²) in [7, 11) is 0. The highest BCUT2D eigenvalue weighted by molar-refractivity contribution is 9.10. The molecule has 0 amide bonds. The van der Waals surface area contributed by atoms with Crippen LogP contribution in [0.5, 0.6) is 5.75 Å². The number of ether oxygens (including phenoxy) is 1. The number of quaternary nitrogens is 1. The molecule has 2 N–H and O–H groups in total. The van der Waals surface area contributed by atoms with Gasteiger partial charge in [0.25, 0.3) is 0 Å². The van der Waals surface area contributed by atoms with Crippen molar-refractivity contribution in [2.75, 3.05) is 13.2 Å². The van der Waals surface area contributed by atoms with Crippen molar-refractivity contribution in [3.8, 4) is 5.75 Å². The van der Waals surface area contributed by atoms with E-state index in [1.165, 1.54) is 64.2 Å². The van der Waals surface area contributed by atoms with Gasteiger partial charge in [0.1, 0.15) is 25.0 Å². The standard InChI is InChI=1S/C21H32BrNO2/c22-17-11-13-21(14-12-17)25-16-20(24)15-23(18-7-3-1-4-8-18)19-9-5-2-6-10-19/h11-14,18-20,24H,1-10,15-16H2/p+1/t20-/m0/s1. The predicted octanol–water partition coefficient (Wildman–Crippen LogP) is 3.74. The highest BCUT2D eigenvalue weighted by atomic mass is 79.9. The molecule has 0 aromatic heterocycles. The van der Waals surface area contributed by atoms with Gasteiger partial charge in [0.2, 0.25) is 0 Å². The van der Waals surface area contributed by atoms with Gasteiger partial charge in [-0.15, -0.1) is 0 Å². The first-order chi connectivity index (χ1) is 12.2. The quantitative estimate of drug-likeness (QED) is 0.717. The molecule has 1 aromatic rings. The Hall–Kier alpha value is -0.580. The summed E-state index contributed by atoms with van der Waals surface area (Å²) in [4.78, 5) is 1.67. The van der Waals surface area contributed by atoms with E-state index in [2.05, 4.69) is 15.9 Å². The van der Waals surface area contributed by atoms with E-state index in [0.717, 1.165) is 28.9 Å². The smallest absolute Gasteiger partial charge is 0.137 e. The molecule has 1 atom stereocenters. The van der Waals surface area contributed by atoms with E-state index < -0.39 is 0 Å². The molecule has 4 heteroatoms. The van der Waals surface area contributed by atoms with E-state index in [1.54, 1.807) is 4.90 Å². The van der Waals surface area contributed by atoms with Crippen LogP contribution in [0.4, 0.5) is 0 Å². The largest absolute Gasteiger partial charge is 0.491 e. The molecular weight excluding hydrogens is 378 g/mol. The number of aliphatic hydroxyl groups is 1. The lowest BCUT2D eigenvalue weighted by Gasteiger charge is -2.39. The van der Waals surface area contributed by atoms with Crippen molar-refractivity contribution in [1.29, 1.82) is 0 Å². The fraction of sp³-hybridized carbons (Fsp3) is 0.714. The zero-order valence-corrected chi connectivity index (χ0v) is 16.8. The SMILES string of the molecule is O[C@H](COc1ccc(Br)cc1)C[NH+](C1CCCCC1)C1CCCCC1. The highest BCUT2D eigenvalue weighted by Crippen LogP contribution is 2.20. The summed E-state index contributed by atoms with van der Waals surface area (Å²) in [6.07, 6.45) is 13.2. The van der Waals surface area contributed by atoms with E-state index in [9.17, 15) is 5.11 Å². The average molecular weight is 411 g/mol. The Labute approximate surface area is 160 Å². The van der Waals surface area contributed by atoms with Gasteiger partial charge >= 0.3 is 0 Å². The fourth-order valence-corrected chi connectivity index (χ4v) is 4.93. The molecule has 2 saturated carbocycles. The van der Waals surface area contributed by atoms with Crippen LogP contribution in [0.1, 0.15) is 64.2 Å². The van der Waals surface area contributed by atoms with Gasteiger partial charge in [0.05, 0.1) is 12.1 Å². The number of rotatable bonds is 7. The lowest BCUT2D eigenvalue weighted by molar-refractivity contribution is -0.955. The Balaban J connectivity index is 1.55. The van der Waals surface area contributed by atoms with Crippen LogP contribution in [0.25, 0.3) is 0 Å². The summed E-state index contributed by atoms with van der Waals surface area (Å²) in [5.74, 6) is 0.833. The number of hydrogen-bond donors (Lipinski definition) is 2. The molecule has 2 fully saturated rings. The predicted molar refractivity (Wildman–Crippen MR) is 105 cm³/mol. The second-order valence-corrected chi connectivity index (χ2v) is 8.78. The summed E-state index contributed by atoms with van der Waals surface area (Å²) in [6, 6.07) is 9.35. The van der Waals surface area contributed by atoms with E-state index >= 15 is 0 Å². The van der Waals surface area contributed by atoms with Crippen molar-refractivity contribution in [2.24, 2.45) is 0 Å². The van der Waals surface area contributed by atoms with Gasteiger partial charge in [-0.1, -0.05) is 28.8 Å². The van der Waals surface area contributed by atoms with Crippen LogP contribution in [0, 0.1) is 0 Å². The maximum atomic E-state index is 10.6. The van der Waals surface area contributed by atoms with Crippen LogP contribution in [-0.2, 0) is 0 Å². The first-order valence-corrected chi connectivity index (χ1v) is 10.9. The van der Waals surface area contributed by atoms with Crippen molar-refractivity contribution in [3.63, 3.8) is 0 Å². The average Bonchev–Trinajstić information content (AvgIpc) is 2.67. The van der Waals surface area contributed by atoms with E-state index in [0.29, 0.717) is 6.61 Å². The lowest BCUT2D eigenvalue weighted by atomic mass is 9.88. The third-order valence-corrected chi connectivity index (χ3v) is 6.52. The third-order valence-electron chi connectivity index (χ3n) is 5.99. The van der Waals surface area contributed by atoms with Gasteiger partial charge < -0.3 is 14.7 Å². The second kappa shape index (κ2) is 9.94. The van der Waals surface area contributed by atoms with Crippen LogP contribution < -0.4 is 9.64 Å². The van der Waals surface area contributed by atoms with Crippen molar-refractivity contribution >= 4 is 15.9 Å². The van der Waals surface area contributed by atoms with Crippen LogP contribution in [-0.4, -0.2) is 36.4 Å². The molecule has 0 unspecified atom stereocenters. The maximum absolute atomic E-state index is 10.6. The molecule has 25 heavy (non-hydrogen) atoms. The topological polar surface area (TPSA) is 33.9 Å². The van der Waals surface area contributed by atoms with Crippen molar-refractivity contribution in [2.45, 2.75) is 82.4 Å². The van der Waals surface area contributed by atoms with Gasteiger partial charge in [-0.25, -0.2) is 0 Å². The van der Waals surface area contributed by atoms with E-state index in [-0.39, 0.29) is 6.10 Å². The molecule has 0 radical (unpaired) electrons. The molecule has 0 spiro atoms. The van der Waals surface area contributed by atoms with Crippen LogP contribution in [0.15, 0.2) is 28.7 Å². The zero-order chi connectivity index (χ0) is 17.5. The molecule has 2 aliphatic rings. The molecule has 3 nitrogen and oxygen atoms in total. The second-order valence-electron chi connectivity index (χ2n) is 7.87. The Kier molecular flexibility index (Phi) is 7.63.